The SMILES string of the molecule is N[N+]1([O-])Cc2c(F)ccc(F)c2C(c2ccc(Cl)cc2)=N1.O=C1OC(=O)c2c(F)ccc(F)c21. The standard InChI is InChI=1S/C14H10ClF2N3O.C8H2F2O3/c15-9-3-1-8(2-4-9)14-13-10(7-20(18,21)19-14)11(16)5-6-12(13)17;9-3-1-2-4(10)6-5(3)7(11)13-8(6)12/h1-6H,7,18H2;1-2H. The molecule has 2 aliphatic rings. The van der Waals surface area contributed by atoms with E-state index in [-0.39, 0.29) is 16.8 Å². The van der Waals surface area contributed by atoms with Gasteiger partial charge in [0.25, 0.3) is 0 Å². The van der Waals surface area contributed by atoms with Crippen LogP contribution >= 0.6 is 11.6 Å². The van der Waals surface area contributed by atoms with E-state index in [0.29, 0.717) is 10.6 Å². The molecule has 5 rings (SSSR count). The third-order valence-corrected chi connectivity index (χ3v) is 5.16. The van der Waals surface area contributed by atoms with Crippen LogP contribution in [0.15, 0.2) is 53.6 Å². The Kier molecular flexibility index (Phi) is 5.96. The molecule has 0 aromatic heterocycles. The molecular weight excluding hydrogens is 482 g/mol. The summed E-state index contributed by atoms with van der Waals surface area (Å²) < 4.78 is 57.8. The Balaban J connectivity index is 0.000000180. The van der Waals surface area contributed by atoms with Gasteiger partial charge in [-0.3, -0.25) is 0 Å². The summed E-state index contributed by atoms with van der Waals surface area (Å²) >= 11 is 5.80. The van der Waals surface area contributed by atoms with Gasteiger partial charge in [0.2, 0.25) is 0 Å². The normalized spacial score (nSPS) is 18.4. The predicted octanol–water partition coefficient (Wildman–Crippen LogP) is 4.35. The molecule has 0 radical (unpaired) electrons. The number of quaternary nitrogens is 1. The first-order valence-corrected chi connectivity index (χ1v) is 9.82. The van der Waals surface area contributed by atoms with E-state index in [0.717, 1.165) is 24.3 Å². The van der Waals surface area contributed by atoms with Gasteiger partial charge in [-0.1, -0.05) is 28.8 Å². The van der Waals surface area contributed by atoms with E-state index in [9.17, 15) is 32.4 Å². The van der Waals surface area contributed by atoms with Crippen molar-refractivity contribution >= 4 is 29.3 Å². The number of hydroxylamine groups is 1. The van der Waals surface area contributed by atoms with E-state index in [2.05, 4.69) is 9.84 Å². The molecule has 0 saturated heterocycles. The third kappa shape index (κ3) is 4.29. The van der Waals surface area contributed by atoms with Crippen molar-refractivity contribution in [3.05, 3.63) is 110 Å². The van der Waals surface area contributed by atoms with Crippen LogP contribution in [-0.4, -0.2) is 22.5 Å². The van der Waals surface area contributed by atoms with Crippen LogP contribution in [0.2, 0.25) is 5.02 Å². The van der Waals surface area contributed by atoms with Crippen LogP contribution in [0.3, 0.4) is 0 Å². The van der Waals surface area contributed by atoms with Crippen molar-refractivity contribution in [1.29, 1.82) is 0 Å². The lowest BCUT2D eigenvalue weighted by Gasteiger charge is -2.34. The molecule has 0 aliphatic carbocycles. The average Bonchev–Trinajstić information content (AvgIpc) is 3.08. The number of cyclic esters (lactones) is 2. The van der Waals surface area contributed by atoms with Crippen LogP contribution in [0.25, 0.3) is 0 Å². The Hall–Kier alpha value is -3.64. The van der Waals surface area contributed by atoms with Gasteiger partial charge in [-0.25, -0.2) is 27.2 Å². The van der Waals surface area contributed by atoms with Crippen LogP contribution in [0.4, 0.5) is 17.6 Å². The minimum atomic E-state index is -1.54. The lowest BCUT2D eigenvalue weighted by atomic mass is 9.95. The van der Waals surface area contributed by atoms with Crippen LogP contribution < -0.4 is 5.84 Å². The average molecular weight is 494 g/mol. The summed E-state index contributed by atoms with van der Waals surface area (Å²) in [7, 11) is 0. The molecular formula is C22H12ClF4N3O4. The fourth-order valence-electron chi connectivity index (χ4n) is 3.43. The molecule has 12 heteroatoms. The van der Waals surface area contributed by atoms with Gasteiger partial charge in [0.1, 0.15) is 40.1 Å². The maximum Gasteiger partial charge on any atom is 0.350 e. The number of halogens is 5. The number of benzene rings is 3. The number of carbonyl (C=O) groups is 2. The van der Waals surface area contributed by atoms with Gasteiger partial charge in [-0.05, 0) is 36.4 Å². The Morgan fingerprint density at radius 1 is 0.824 bits per heavy atom. The van der Waals surface area contributed by atoms with E-state index < -0.39 is 57.7 Å². The maximum absolute atomic E-state index is 14.1. The number of fused-ring (bicyclic) bond motifs is 2. The lowest BCUT2D eigenvalue weighted by molar-refractivity contribution is -0.913. The summed E-state index contributed by atoms with van der Waals surface area (Å²) in [5, 5.41) is 16.3. The van der Waals surface area contributed by atoms with Gasteiger partial charge in [-0.15, -0.1) is 0 Å². The van der Waals surface area contributed by atoms with Crippen LogP contribution in [0.1, 0.15) is 37.4 Å². The fraction of sp³-hybridized carbons (Fsp3) is 0.0455. The predicted molar refractivity (Wildman–Crippen MR) is 111 cm³/mol. The summed E-state index contributed by atoms with van der Waals surface area (Å²) in [5.74, 6) is -0.0748. The van der Waals surface area contributed by atoms with E-state index in [1.165, 1.54) is 0 Å². The van der Waals surface area contributed by atoms with Gasteiger partial charge in [-0.2, -0.15) is 10.7 Å². The molecule has 174 valence electrons. The molecule has 2 N–H and O–H groups in total. The highest BCUT2D eigenvalue weighted by atomic mass is 35.5. The fourth-order valence-corrected chi connectivity index (χ4v) is 3.56. The van der Waals surface area contributed by atoms with E-state index in [1.807, 2.05) is 0 Å². The second-order valence-corrected chi connectivity index (χ2v) is 7.64. The molecule has 1 unspecified atom stereocenters. The highest BCUT2D eigenvalue weighted by Crippen LogP contribution is 2.29. The zero-order valence-corrected chi connectivity index (χ0v) is 17.6. The topological polar surface area (TPSA) is 105 Å². The first kappa shape index (κ1) is 23.5. The summed E-state index contributed by atoms with van der Waals surface area (Å²) in [4.78, 5) is 20.1. The summed E-state index contributed by atoms with van der Waals surface area (Å²) in [6.45, 7) is -0.462. The van der Waals surface area contributed by atoms with Gasteiger partial charge >= 0.3 is 11.9 Å². The second-order valence-electron chi connectivity index (χ2n) is 7.21. The van der Waals surface area contributed by atoms with Crippen LogP contribution in [-0.2, 0) is 11.3 Å². The van der Waals surface area contributed by atoms with E-state index in [4.69, 9.17) is 17.4 Å². The highest BCUT2D eigenvalue weighted by molar-refractivity contribution is 6.30. The van der Waals surface area contributed by atoms with Crippen molar-refractivity contribution in [1.82, 2.24) is 0 Å². The number of hydrogen-bond donors (Lipinski definition) is 1. The minimum Gasteiger partial charge on any atom is -0.584 e. The summed E-state index contributed by atoms with van der Waals surface area (Å²) in [5.41, 5.74) is -0.897. The second kappa shape index (κ2) is 8.61. The molecule has 3 aromatic carbocycles. The number of rotatable bonds is 1. The van der Waals surface area contributed by atoms with Crippen molar-refractivity contribution in [3.8, 4) is 0 Å². The Morgan fingerprint density at radius 2 is 1.29 bits per heavy atom. The number of ether oxygens (including phenoxy) is 1. The zero-order chi connectivity index (χ0) is 24.8. The highest BCUT2D eigenvalue weighted by Gasteiger charge is 2.36. The monoisotopic (exact) mass is 493 g/mol. The molecule has 0 spiro atoms. The zero-order valence-electron chi connectivity index (χ0n) is 16.8. The number of nitrogens with two attached hydrogens (primary N) is 1. The molecule has 34 heavy (non-hydrogen) atoms. The minimum absolute atomic E-state index is 0.0161. The van der Waals surface area contributed by atoms with Crippen molar-refractivity contribution in [2.45, 2.75) is 6.54 Å². The number of nitrogens with zero attached hydrogens (tertiary/aromatic N) is 2. The van der Waals surface area contributed by atoms with Crippen LogP contribution in [0.5, 0.6) is 0 Å². The first-order valence-electron chi connectivity index (χ1n) is 9.44. The maximum atomic E-state index is 14.1. The third-order valence-electron chi connectivity index (χ3n) is 4.91. The van der Waals surface area contributed by atoms with E-state index in [1.54, 1.807) is 24.3 Å². The largest absolute Gasteiger partial charge is 0.584 e. The molecule has 0 bridgehead atoms. The van der Waals surface area contributed by atoms with Gasteiger partial charge in [0, 0.05) is 10.6 Å². The van der Waals surface area contributed by atoms with E-state index >= 15 is 0 Å². The van der Waals surface area contributed by atoms with Crippen molar-refractivity contribution < 1.29 is 36.8 Å². The quantitative estimate of drug-likeness (QED) is 0.135. The Bertz CT molecular complexity index is 1340. The molecule has 3 aromatic rings. The van der Waals surface area contributed by atoms with Crippen LogP contribution in [0, 0.1) is 28.5 Å². The van der Waals surface area contributed by atoms with Gasteiger partial charge < -0.3 is 9.94 Å². The number of hydrogen-bond acceptors (Lipinski definition) is 6. The number of esters is 2. The van der Waals surface area contributed by atoms with Gasteiger partial charge in [0.05, 0.1) is 11.1 Å². The lowest BCUT2D eigenvalue weighted by Crippen LogP contribution is -2.47. The smallest absolute Gasteiger partial charge is 0.350 e. The van der Waals surface area contributed by atoms with Gasteiger partial charge in [0.15, 0.2) is 6.54 Å². The molecule has 0 fully saturated rings. The molecule has 7 nitrogen and oxygen atoms in total. The molecule has 0 amide bonds. The summed E-state index contributed by atoms with van der Waals surface area (Å²) in [6, 6.07) is 9.80. The molecule has 0 saturated carbocycles. The molecule has 2 heterocycles. The number of carbonyl (C=O) groups excluding carboxylic acids is 2. The molecule has 2 aliphatic heterocycles. The molecule has 1 atom stereocenters. The van der Waals surface area contributed by atoms with Crippen molar-refractivity contribution in [2.75, 3.05) is 0 Å². The first-order chi connectivity index (χ1) is 16.0. The summed E-state index contributed by atoms with van der Waals surface area (Å²) in [6.07, 6.45) is 0. The Morgan fingerprint density at radius 3 is 1.82 bits per heavy atom. The Labute approximate surface area is 193 Å². The van der Waals surface area contributed by atoms with Crippen molar-refractivity contribution in [3.63, 3.8) is 0 Å². The van der Waals surface area contributed by atoms with Crippen molar-refractivity contribution in [2.24, 2.45) is 10.9 Å².